The van der Waals surface area contributed by atoms with E-state index in [1.165, 1.54) is 0 Å². The van der Waals surface area contributed by atoms with Gasteiger partial charge in [-0.15, -0.1) is 0 Å². The number of carbonyl (C=O) groups is 1. The van der Waals surface area contributed by atoms with Crippen LogP contribution in [0.5, 0.6) is 5.75 Å². The van der Waals surface area contributed by atoms with Crippen LogP contribution in [0.2, 0.25) is 0 Å². The molecule has 114 valence electrons. The molecule has 0 aromatic heterocycles. The molecule has 3 N–H and O–H groups in total. The minimum atomic E-state index is -0.334. The van der Waals surface area contributed by atoms with Gasteiger partial charge in [0.25, 0.3) is 0 Å². The lowest BCUT2D eigenvalue weighted by Crippen LogP contribution is -2.47. The van der Waals surface area contributed by atoms with Crippen molar-refractivity contribution < 1.29 is 9.90 Å². The number of rotatable bonds is 5. The molecule has 0 spiro atoms. The molecule has 2 aliphatic carbocycles. The van der Waals surface area contributed by atoms with Crippen molar-refractivity contribution in [1.82, 2.24) is 4.90 Å². The third-order valence-electron chi connectivity index (χ3n) is 4.92. The molecule has 1 aromatic carbocycles. The van der Waals surface area contributed by atoms with Crippen LogP contribution in [0.15, 0.2) is 24.3 Å². The summed E-state index contributed by atoms with van der Waals surface area (Å²) in [5, 5.41) is 9.60. The van der Waals surface area contributed by atoms with Crippen molar-refractivity contribution in [2.24, 2.45) is 11.1 Å². The quantitative estimate of drug-likeness (QED) is 0.874. The lowest BCUT2D eigenvalue weighted by molar-refractivity contribution is -0.142. The molecule has 1 aromatic rings. The minimum Gasteiger partial charge on any atom is -0.508 e. The van der Waals surface area contributed by atoms with Crippen molar-refractivity contribution in [2.75, 3.05) is 6.54 Å². The van der Waals surface area contributed by atoms with Gasteiger partial charge in [0.1, 0.15) is 5.75 Å². The number of carbonyl (C=O) groups excluding carboxylic acids is 1. The smallest absolute Gasteiger partial charge is 0.230 e. The fourth-order valence-corrected chi connectivity index (χ4v) is 3.47. The lowest BCUT2D eigenvalue weighted by atomic mass is 9.84. The number of nitrogens with zero attached hydrogens (tertiary/aromatic N) is 1. The number of amides is 1. The molecule has 2 aliphatic rings. The average molecular weight is 288 g/mol. The number of benzene rings is 1. The first-order chi connectivity index (χ1) is 10.1. The van der Waals surface area contributed by atoms with Crippen LogP contribution < -0.4 is 5.73 Å². The van der Waals surface area contributed by atoms with E-state index in [4.69, 9.17) is 5.73 Å². The van der Waals surface area contributed by atoms with Gasteiger partial charge >= 0.3 is 0 Å². The van der Waals surface area contributed by atoms with E-state index in [1.807, 2.05) is 17.0 Å². The molecule has 0 atom stereocenters. The molecule has 2 saturated carbocycles. The van der Waals surface area contributed by atoms with Crippen LogP contribution in [0.4, 0.5) is 0 Å². The summed E-state index contributed by atoms with van der Waals surface area (Å²) in [6, 6.07) is 7.56. The molecule has 0 aliphatic heterocycles. The van der Waals surface area contributed by atoms with E-state index in [1.54, 1.807) is 12.1 Å². The molecule has 3 rings (SSSR count). The number of phenols is 1. The van der Waals surface area contributed by atoms with E-state index in [-0.39, 0.29) is 17.1 Å². The summed E-state index contributed by atoms with van der Waals surface area (Å²) in [7, 11) is 0. The van der Waals surface area contributed by atoms with Crippen LogP contribution in [0.1, 0.15) is 44.1 Å². The van der Waals surface area contributed by atoms with Crippen LogP contribution in [-0.2, 0) is 11.3 Å². The highest BCUT2D eigenvalue weighted by molar-refractivity contribution is 5.84. The maximum absolute atomic E-state index is 13.1. The predicted octanol–water partition coefficient (Wildman–Crippen LogP) is 2.40. The maximum Gasteiger partial charge on any atom is 0.230 e. The Morgan fingerprint density at radius 2 is 2.05 bits per heavy atom. The summed E-state index contributed by atoms with van der Waals surface area (Å²) in [4.78, 5) is 15.1. The summed E-state index contributed by atoms with van der Waals surface area (Å²) in [5.41, 5.74) is 6.61. The molecule has 0 heterocycles. The van der Waals surface area contributed by atoms with E-state index in [0.717, 1.165) is 44.1 Å². The van der Waals surface area contributed by atoms with Gasteiger partial charge in [0.2, 0.25) is 5.91 Å². The third kappa shape index (κ3) is 2.91. The summed E-state index contributed by atoms with van der Waals surface area (Å²) >= 11 is 0. The Morgan fingerprint density at radius 1 is 1.33 bits per heavy atom. The first-order valence-corrected chi connectivity index (χ1v) is 7.94. The monoisotopic (exact) mass is 288 g/mol. The van der Waals surface area contributed by atoms with Crippen LogP contribution in [0.25, 0.3) is 0 Å². The van der Waals surface area contributed by atoms with Gasteiger partial charge in [-0.1, -0.05) is 25.0 Å². The molecule has 0 radical (unpaired) electrons. The van der Waals surface area contributed by atoms with Gasteiger partial charge in [-0.3, -0.25) is 4.79 Å². The number of hydrogen-bond acceptors (Lipinski definition) is 3. The molecule has 0 unspecified atom stereocenters. The zero-order chi connectivity index (χ0) is 14.9. The first kappa shape index (κ1) is 14.4. The van der Waals surface area contributed by atoms with Gasteiger partial charge in [-0.2, -0.15) is 0 Å². The molecular formula is C17H24N2O2. The van der Waals surface area contributed by atoms with Gasteiger partial charge in [-0.05, 0) is 43.4 Å². The van der Waals surface area contributed by atoms with Crippen molar-refractivity contribution >= 4 is 5.91 Å². The van der Waals surface area contributed by atoms with Crippen molar-refractivity contribution in [1.29, 1.82) is 0 Å². The zero-order valence-electron chi connectivity index (χ0n) is 12.4. The fraction of sp³-hybridized carbons (Fsp3) is 0.588. The Bertz CT molecular complexity index is 519. The van der Waals surface area contributed by atoms with Crippen molar-refractivity contribution in [3.05, 3.63) is 29.8 Å². The van der Waals surface area contributed by atoms with Crippen LogP contribution in [-0.4, -0.2) is 28.5 Å². The van der Waals surface area contributed by atoms with Crippen LogP contribution >= 0.6 is 0 Å². The van der Waals surface area contributed by atoms with E-state index in [2.05, 4.69) is 0 Å². The second-order valence-corrected chi connectivity index (χ2v) is 6.53. The van der Waals surface area contributed by atoms with Crippen molar-refractivity contribution in [2.45, 2.75) is 51.1 Å². The predicted molar refractivity (Wildman–Crippen MR) is 81.6 cm³/mol. The van der Waals surface area contributed by atoms with Crippen LogP contribution in [0.3, 0.4) is 0 Å². The largest absolute Gasteiger partial charge is 0.508 e. The number of hydrogen-bond donors (Lipinski definition) is 2. The summed E-state index contributed by atoms with van der Waals surface area (Å²) < 4.78 is 0. The SMILES string of the molecule is NCC1(C(=O)N(Cc2cccc(O)c2)C2CC2)CCCC1. The Kier molecular flexibility index (Phi) is 3.89. The zero-order valence-corrected chi connectivity index (χ0v) is 12.4. The van der Waals surface area contributed by atoms with E-state index < -0.39 is 0 Å². The van der Waals surface area contributed by atoms with E-state index >= 15 is 0 Å². The Balaban J connectivity index is 1.79. The highest BCUT2D eigenvalue weighted by Gasteiger charge is 2.45. The number of aromatic hydroxyl groups is 1. The van der Waals surface area contributed by atoms with E-state index in [9.17, 15) is 9.90 Å². The minimum absolute atomic E-state index is 0.230. The third-order valence-corrected chi connectivity index (χ3v) is 4.92. The molecule has 21 heavy (non-hydrogen) atoms. The second kappa shape index (κ2) is 5.68. The lowest BCUT2D eigenvalue weighted by Gasteiger charge is -2.34. The van der Waals surface area contributed by atoms with Gasteiger partial charge in [0.05, 0.1) is 5.41 Å². The standard InChI is InChI=1S/C17H24N2O2/c18-12-17(8-1-2-9-17)16(21)19(14-6-7-14)11-13-4-3-5-15(20)10-13/h3-5,10,14,20H,1-2,6-9,11-12,18H2. The molecule has 1 amide bonds. The highest BCUT2D eigenvalue weighted by Crippen LogP contribution is 2.41. The van der Waals surface area contributed by atoms with Gasteiger partial charge in [0.15, 0.2) is 0 Å². The maximum atomic E-state index is 13.1. The van der Waals surface area contributed by atoms with Crippen molar-refractivity contribution in [3.63, 3.8) is 0 Å². The summed E-state index contributed by atoms with van der Waals surface area (Å²) in [6.45, 7) is 1.04. The molecule has 0 saturated heterocycles. The second-order valence-electron chi connectivity index (χ2n) is 6.53. The number of nitrogens with two attached hydrogens (primary N) is 1. The Morgan fingerprint density at radius 3 is 2.62 bits per heavy atom. The van der Waals surface area contributed by atoms with Gasteiger partial charge < -0.3 is 15.7 Å². The summed E-state index contributed by atoms with van der Waals surface area (Å²) in [5.74, 6) is 0.485. The van der Waals surface area contributed by atoms with Gasteiger partial charge in [-0.25, -0.2) is 0 Å². The Labute approximate surface area is 125 Å². The highest BCUT2D eigenvalue weighted by atomic mass is 16.3. The topological polar surface area (TPSA) is 66.6 Å². The normalized spacial score (nSPS) is 20.4. The fourth-order valence-electron chi connectivity index (χ4n) is 3.47. The Hall–Kier alpha value is -1.55. The van der Waals surface area contributed by atoms with Gasteiger partial charge in [0, 0.05) is 19.1 Å². The molecule has 4 heteroatoms. The van der Waals surface area contributed by atoms with Crippen LogP contribution in [0, 0.1) is 5.41 Å². The first-order valence-electron chi connectivity index (χ1n) is 7.94. The molecular weight excluding hydrogens is 264 g/mol. The molecule has 4 nitrogen and oxygen atoms in total. The summed E-state index contributed by atoms with van der Waals surface area (Å²) in [6.07, 6.45) is 6.23. The number of phenolic OH excluding ortho intramolecular Hbond substituents is 1. The molecule has 2 fully saturated rings. The average Bonchev–Trinajstić information content (AvgIpc) is 3.21. The molecule has 0 bridgehead atoms. The van der Waals surface area contributed by atoms with E-state index in [0.29, 0.717) is 19.1 Å². The van der Waals surface area contributed by atoms with Crippen molar-refractivity contribution in [3.8, 4) is 5.75 Å².